The molecule has 7 nitrogen and oxygen atoms in total. The van der Waals surface area contributed by atoms with E-state index in [0.717, 1.165) is 0 Å². The number of aromatic nitrogens is 1. The monoisotopic (exact) mass is 411 g/mol. The molecule has 0 fully saturated rings. The third kappa shape index (κ3) is 4.52. The number of halogens is 1. The highest BCUT2D eigenvalue weighted by atomic mass is 35.5. The van der Waals surface area contributed by atoms with Gasteiger partial charge in [0.2, 0.25) is 0 Å². The Hall–Kier alpha value is -3.45. The summed E-state index contributed by atoms with van der Waals surface area (Å²) in [6.45, 7) is 1.38. The molecule has 0 radical (unpaired) electrons. The van der Waals surface area contributed by atoms with E-state index in [4.69, 9.17) is 16.3 Å². The minimum atomic E-state index is -1.17. The van der Waals surface area contributed by atoms with Crippen LogP contribution in [0.2, 0.25) is 5.02 Å². The fraction of sp³-hybridized carbons (Fsp3) is 0.143. The number of para-hydroxylation sites is 1. The van der Waals surface area contributed by atoms with E-state index in [2.05, 4.69) is 15.6 Å². The zero-order chi connectivity index (χ0) is 21.0. The number of benzene rings is 2. The highest BCUT2D eigenvalue weighted by molar-refractivity contribution is 6.33. The Kier molecular flexibility index (Phi) is 6.09. The minimum absolute atomic E-state index is 0.241. The Labute approximate surface area is 172 Å². The van der Waals surface area contributed by atoms with Crippen molar-refractivity contribution in [3.8, 4) is 11.3 Å². The number of carbonyl (C=O) groups excluding carboxylic acids is 3. The number of hydrogen-bond acceptors (Lipinski definition) is 5. The number of hydrogen-bond donors (Lipinski definition) is 2. The minimum Gasteiger partial charge on any atom is -0.449 e. The fourth-order valence-electron chi connectivity index (χ4n) is 2.70. The van der Waals surface area contributed by atoms with E-state index in [-0.39, 0.29) is 5.56 Å². The van der Waals surface area contributed by atoms with Crippen LogP contribution in [0.1, 0.15) is 17.3 Å². The van der Waals surface area contributed by atoms with Crippen LogP contribution in [-0.4, -0.2) is 36.0 Å². The summed E-state index contributed by atoms with van der Waals surface area (Å²) in [5.41, 5.74) is 1.99. The SMILES string of the molecule is CNC(=O)NC(=O)C(C)OC(=O)c1cc(-c2ccccc2Cl)nc2ccccc12. The molecule has 29 heavy (non-hydrogen) atoms. The highest BCUT2D eigenvalue weighted by Gasteiger charge is 2.23. The van der Waals surface area contributed by atoms with Crippen LogP contribution in [0.25, 0.3) is 22.2 Å². The molecule has 2 aromatic carbocycles. The van der Waals surface area contributed by atoms with E-state index in [9.17, 15) is 14.4 Å². The first-order valence-electron chi connectivity index (χ1n) is 8.79. The van der Waals surface area contributed by atoms with Crippen molar-refractivity contribution in [2.75, 3.05) is 7.05 Å². The van der Waals surface area contributed by atoms with Crippen LogP contribution in [0.15, 0.2) is 54.6 Å². The van der Waals surface area contributed by atoms with Crippen molar-refractivity contribution in [2.45, 2.75) is 13.0 Å². The molecule has 0 aliphatic heterocycles. The van der Waals surface area contributed by atoms with Gasteiger partial charge in [-0.25, -0.2) is 14.6 Å². The van der Waals surface area contributed by atoms with E-state index >= 15 is 0 Å². The fourth-order valence-corrected chi connectivity index (χ4v) is 2.94. The summed E-state index contributed by atoms with van der Waals surface area (Å²) in [6.07, 6.45) is -1.17. The second-order valence-electron chi connectivity index (χ2n) is 6.17. The number of urea groups is 1. The summed E-state index contributed by atoms with van der Waals surface area (Å²) in [4.78, 5) is 40.7. The van der Waals surface area contributed by atoms with Crippen LogP contribution in [0.3, 0.4) is 0 Å². The van der Waals surface area contributed by atoms with Crippen LogP contribution < -0.4 is 10.6 Å². The summed E-state index contributed by atoms with van der Waals surface area (Å²) < 4.78 is 5.28. The average molecular weight is 412 g/mol. The van der Waals surface area contributed by atoms with Gasteiger partial charge in [0.15, 0.2) is 6.10 Å². The standard InChI is InChI=1S/C21H18ClN3O4/c1-12(19(26)25-21(28)23-2)29-20(27)15-11-18(14-8-3-5-9-16(14)22)24-17-10-6-4-7-13(15)17/h3-12H,1-2H3,(H2,23,25,26,28). The number of carbonyl (C=O) groups is 3. The smallest absolute Gasteiger partial charge is 0.339 e. The Morgan fingerprint density at radius 3 is 2.48 bits per heavy atom. The molecular formula is C21H18ClN3O4. The summed E-state index contributed by atoms with van der Waals surface area (Å²) in [5, 5.41) is 5.40. The first-order chi connectivity index (χ1) is 13.9. The lowest BCUT2D eigenvalue weighted by atomic mass is 10.0. The molecule has 0 aliphatic rings. The van der Waals surface area contributed by atoms with Crippen LogP contribution >= 0.6 is 11.6 Å². The van der Waals surface area contributed by atoms with Crippen molar-refractivity contribution < 1.29 is 19.1 Å². The van der Waals surface area contributed by atoms with Crippen LogP contribution in [0, 0.1) is 0 Å². The normalized spacial score (nSPS) is 11.6. The molecule has 3 rings (SSSR count). The van der Waals surface area contributed by atoms with Crippen molar-refractivity contribution in [3.05, 3.63) is 65.2 Å². The second-order valence-corrected chi connectivity index (χ2v) is 6.58. The molecule has 1 heterocycles. The van der Waals surface area contributed by atoms with Gasteiger partial charge < -0.3 is 10.1 Å². The van der Waals surface area contributed by atoms with Crippen LogP contribution in [-0.2, 0) is 9.53 Å². The molecule has 1 atom stereocenters. The molecule has 0 saturated heterocycles. The molecule has 0 spiro atoms. The number of nitrogens with one attached hydrogen (secondary N) is 2. The molecule has 2 N–H and O–H groups in total. The van der Waals surface area contributed by atoms with Crippen molar-refractivity contribution in [1.82, 2.24) is 15.6 Å². The van der Waals surface area contributed by atoms with Crippen LogP contribution in [0.5, 0.6) is 0 Å². The van der Waals surface area contributed by atoms with Gasteiger partial charge in [-0.2, -0.15) is 0 Å². The molecule has 3 amide bonds. The number of esters is 1. The lowest BCUT2D eigenvalue weighted by molar-refractivity contribution is -0.127. The molecule has 148 valence electrons. The van der Waals surface area contributed by atoms with Gasteiger partial charge in [-0.15, -0.1) is 0 Å². The molecule has 0 bridgehead atoms. The first kappa shape index (κ1) is 20.3. The lowest BCUT2D eigenvalue weighted by Gasteiger charge is -2.14. The maximum Gasteiger partial charge on any atom is 0.339 e. The Bertz CT molecular complexity index is 1100. The summed E-state index contributed by atoms with van der Waals surface area (Å²) in [7, 11) is 1.37. The number of imide groups is 1. The van der Waals surface area contributed by atoms with Gasteiger partial charge in [-0.3, -0.25) is 10.1 Å². The molecule has 0 saturated carbocycles. The topological polar surface area (TPSA) is 97.4 Å². The van der Waals surface area contributed by atoms with E-state index < -0.39 is 24.0 Å². The summed E-state index contributed by atoms with van der Waals surface area (Å²) in [6, 6.07) is 15.1. The number of nitrogens with zero attached hydrogens (tertiary/aromatic N) is 1. The molecule has 0 aliphatic carbocycles. The molecule has 8 heteroatoms. The predicted octanol–water partition coefficient (Wildman–Crippen LogP) is 3.56. The molecule has 1 aromatic heterocycles. The zero-order valence-electron chi connectivity index (χ0n) is 15.7. The lowest BCUT2D eigenvalue weighted by Crippen LogP contribution is -2.43. The van der Waals surface area contributed by atoms with Gasteiger partial charge in [0, 0.05) is 23.0 Å². The Balaban J connectivity index is 1.97. The third-order valence-electron chi connectivity index (χ3n) is 4.20. The largest absolute Gasteiger partial charge is 0.449 e. The van der Waals surface area contributed by atoms with E-state index in [1.165, 1.54) is 14.0 Å². The molecule has 3 aromatic rings. The quantitative estimate of drug-likeness (QED) is 0.640. The van der Waals surface area contributed by atoms with Gasteiger partial charge in [-0.1, -0.05) is 48.0 Å². The number of fused-ring (bicyclic) bond motifs is 1. The van der Waals surface area contributed by atoms with Gasteiger partial charge in [0.25, 0.3) is 5.91 Å². The maximum atomic E-state index is 12.8. The van der Waals surface area contributed by atoms with E-state index in [1.807, 2.05) is 6.07 Å². The van der Waals surface area contributed by atoms with Gasteiger partial charge in [0.05, 0.1) is 16.8 Å². The van der Waals surface area contributed by atoms with Crippen LogP contribution in [0.4, 0.5) is 4.79 Å². The number of rotatable bonds is 4. The number of amides is 3. The maximum absolute atomic E-state index is 12.8. The zero-order valence-corrected chi connectivity index (χ0v) is 16.5. The van der Waals surface area contributed by atoms with E-state index in [0.29, 0.717) is 27.2 Å². The summed E-state index contributed by atoms with van der Waals surface area (Å²) in [5.74, 6) is -1.45. The van der Waals surface area contributed by atoms with Gasteiger partial charge >= 0.3 is 12.0 Å². The first-order valence-corrected chi connectivity index (χ1v) is 9.16. The van der Waals surface area contributed by atoms with Crippen molar-refractivity contribution in [2.24, 2.45) is 0 Å². The molecular weight excluding hydrogens is 394 g/mol. The Morgan fingerprint density at radius 2 is 1.76 bits per heavy atom. The number of pyridine rings is 1. The van der Waals surface area contributed by atoms with Gasteiger partial charge in [-0.05, 0) is 25.1 Å². The average Bonchev–Trinajstić information content (AvgIpc) is 2.72. The molecule has 1 unspecified atom stereocenters. The van der Waals surface area contributed by atoms with Gasteiger partial charge in [0.1, 0.15) is 0 Å². The van der Waals surface area contributed by atoms with Crippen molar-refractivity contribution in [1.29, 1.82) is 0 Å². The number of ether oxygens (including phenoxy) is 1. The predicted molar refractivity (Wildman–Crippen MR) is 110 cm³/mol. The van der Waals surface area contributed by atoms with Crippen molar-refractivity contribution in [3.63, 3.8) is 0 Å². The summed E-state index contributed by atoms with van der Waals surface area (Å²) >= 11 is 6.28. The second kappa shape index (κ2) is 8.70. The van der Waals surface area contributed by atoms with E-state index in [1.54, 1.807) is 48.5 Å². The van der Waals surface area contributed by atoms with Crippen molar-refractivity contribution >= 4 is 40.4 Å². The highest BCUT2D eigenvalue weighted by Crippen LogP contribution is 2.30. The Morgan fingerprint density at radius 1 is 1.07 bits per heavy atom. The third-order valence-corrected chi connectivity index (χ3v) is 4.53.